The number of carbonyl (C=O) groups is 1. The molecule has 0 aliphatic carbocycles. The molecule has 0 N–H and O–H groups in total. The molecule has 0 bridgehead atoms. The molecule has 4 rings (SSSR count). The summed E-state index contributed by atoms with van der Waals surface area (Å²) in [6.45, 7) is 7.23. The Morgan fingerprint density at radius 1 is 1.03 bits per heavy atom. The van der Waals surface area contributed by atoms with Gasteiger partial charge < -0.3 is 9.64 Å². The summed E-state index contributed by atoms with van der Waals surface area (Å²) in [7, 11) is 0. The lowest BCUT2D eigenvalue weighted by Crippen LogP contribution is -2.41. The molecular formula is C22H23ClN4O2. The Morgan fingerprint density at radius 3 is 2.38 bits per heavy atom. The van der Waals surface area contributed by atoms with E-state index in [9.17, 15) is 4.79 Å². The normalized spacial score (nSPS) is 13.9. The van der Waals surface area contributed by atoms with Crippen molar-refractivity contribution in [1.29, 1.82) is 0 Å². The van der Waals surface area contributed by atoms with Gasteiger partial charge in [0.2, 0.25) is 0 Å². The van der Waals surface area contributed by atoms with Crippen LogP contribution in [0.4, 0.5) is 4.79 Å². The summed E-state index contributed by atoms with van der Waals surface area (Å²) in [5.41, 5.74) is 4.32. The lowest BCUT2D eigenvalue weighted by atomic mass is 9.99. The van der Waals surface area contributed by atoms with Crippen molar-refractivity contribution in [1.82, 2.24) is 19.7 Å². The van der Waals surface area contributed by atoms with Crippen LogP contribution >= 0.6 is 11.6 Å². The fraction of sp³-hybridized carbons (Fsp3) is 0.318. The Labute approximate surface area is 175 Å². The van der Waals surface area contributed by atoms with E-state index in [1.807, 2.05) is 61.9 Å². The smallest absolute Gasteiger partial charge is 0.410 e. The highest BCUT2D eigenvalue weighted by atomic mass is 35.5. The number of fused-ring (bicyclic) bond motifs is 1. The summed E-state index contributed by atoms with van der Waals surface area (Å²) < 4.78 is 7.56. The van der Waals surface area contributed by atoms with Crippen LogP contribution < -0.4 is 0 Å². The fourth-order valence-electron chi connectivity index (χ4n) is 3.43. The van der Waals surface area contributed by atoms with Gasteiger partial charge in [0.15, 0.2) is 0 Å². The van der Waals surface area contributed by atoms with Crippen LogP contribution in [0.5, 0.6) is 0 Å². The molecule has 0 saturated carbocycles. The van der Waals surface area contributed by atoms with Crippen molar-refractivity contribution in [3.8, 4) is 22.4 Å². The molecule has 0 spiro atoms. The largest absolute Gasteiger partial charge is 0.444 e. The van der Waals surface area contributed by atoms with Crippen LogP contribution in [0.2, 0.25) is 5.02 Å². The predicted molar refractivity (Wildman–Crippen MR) is 113 cm³/mol. The van der Waals surface area contributed by atoms with Crippen LogP contribution in [-0.4, -0.2) is 37.9 Å². The summed E-state index contributed by atoms with van der Waals surface area (Å²) in [6, 6.07) is 11.6. The highest BCUT2D eigenvalue weighted by molar-refractivity contribution is 6.30. The first kappa shape index (κ1) is 19.5. The molecule has 0 saturated heterocycles. The number of halogens is 1. The minimum Gasteiger partial charge on any atom is -0.444 e. The number of pyridine rings is 1. The minimum atomic E-state index is -0.531. The van der Waals surface area contributed by atoms with Crippen LogP contribution in [0, 0.1) is 0 Å². The molecule has 0 radical (unpaired) electrons. The van der Waals surface area contributed by atoms with Crippen LogP contribution in [-0.2, 0) is 17.8 Å². The maximum Gasteiger partial charge on any atom is 0.410 e. The Hall–Kier alpha value is -2.86. The number of aromatic nitrogens is 3. The molecule has 7 heteroatoms. The quantitative estimate of drug-likeness (QED) is 0.595. The highest BCUT2D eigenvalue weighted by Gasteiger charge is 2.30. The Morgan fingerprint density at radius 2 is 1.72 bits per heavy atom. The van der Waals surface area contributed by atoms with Crippen LogP contribution in [0.25, 0.3) is 22.4 Å². The summed E-state index contributed by atoms with van der Waals surface area (Å²) in [5, 5.41) is 5.55. The van der Waals surface area contributed by atoms with Gasteiger partial charge in [-0.05, 0) is 50.6 Å². The van der Waals surface area contributed by atoms with E-state index in [0.717, 1.165) is 28.1 Å². The molecular weight excluding hydrogens is 388 g/mol. The van der Waals surface area contributed by atoms with Gasteiger partial charge in [-0.1, -0.05) is 23.7 Å². The number of hydrogen-bond donors (Lipinski definition) is 0. The van der Waals surface area contributed by atoms with Gasteiger partial charge >= 0.3 is 6.09 Å². The first-order valence-electron chi connectivity index (χ1n) is 9.56. The SMILES string of the molecule is CC(C)(C)OC(=O)N1CCn2nc(-c3ccc(Cl)cc3)c(-c3ccncc3)c2C1. The molecule has 0 unspecified atom stereocenters. The van der Waals surface area contributed by atoms with Gasteiger partial charge in [-0.25, -0.2) is 4.79 Å². The lowest BCUT2D eigenvalue weighted by molar-refractivity contribution is 0.0195. The topological polar surface area (TPSA) is 60.2 Å². The second-order valence-electron chi connectivity index (χ2n) is 8.04. The average Bonchev–Trinajstić information content (AvgIpc) is 3.06. The molecule has 0 fully saturated rings. The second kappa shape index (κ2) is 7.52. The standard InChI is InChI=1S/C22H23ClN4O2/c1-22(2,3)29-21(28)26-12-13-27-18(14-26)19(15-8-10-24-11-9-15)20(25-27)16-4-6-17(23)7-5-16/h4-11H,12-14H2,1-3H3. The van der Waals surface area contributed by atoms with Crippen LogP contribution in [0.3, 0.4) is 0 Å². The summed E-state index contributed by atoms with van der Waals surface area (Å²) >= 11 is 6.07. The van der Waals surface area contributed by atoms with E-state index < -0.39 is 5.60 Å². The van der Waals surface area contributed by atoms with Crippen molar-refractivity contribution in [2.24, 2.45) is 0 Å². The molecule has 1 aliphatic rings. The Bertz CT molecular complexity index is 1020. The third kappa shape index (κ3) is 4.12. The zero-order chi connectivity index (χ0) is 20.6. The maximum absolute atomic E-state index is 12.6. The van der Waals surface area contributed by atoms with Gasteiger partial charge in [0.25, 0.3) is 0 Å². The van der Waals surface area contributed by atoms with Gasteiger partial charge in [0.1, 0.15) is 11.3 Å². The summed E-state index contributed by atoms with van der Waals surface area (Å²) in [4.78, 5) is 18.5. The number of ether oxygens (including phenoxy) is 1. The zero-order valence-corrected chi connectivity index (χ0v) is 17.5. The van der Waals surface area contributed by atoms with Crippen molar-refractivity contribution in [2.75, 3.05) is 6.54 Å². The van der Waals surface area contributed by atoms with E-state index in [0.29, 0.717) is 24.7 Å². The summed E-state index contributed by atoms with van der Waals surface area (Å²) in [5.74, 6) is 0. The van der Waals surface area contributed by atoms with Crippen molar-refractivity contribution < 1.29 is 9.53 Å². The Balaban J connectivity index is 1.77. The summed E-state index contributed by atoms with van der Waals surface area (Å²) in [6.07, 6.45) is 3.22. The number of benzene rings is 1. The predicted octanol–water partition coefficient (Wildman–Crippen LogP) is 5.02. The van der Waals surface area contributed by atoms with E-state index in [4.69, 9.17) is 21.4 Å². The van der Waals surface area contributed by atoms with Gasteiger partial charge in [-0.3, -0.25) is 9.67 Å². The number of hydrogen-bond acceptors (Lipinski definition) is 4. The molecule has 1 amide bonds. The molecule has 2 aromatic heterocycles. The minimum absolute atomic E-state index is 0.307. The van der Waals surface area contributed by atoms with E-state index in [1.54, 1.807) is 17.3 Å². The highest BCUT2D eigenvalue weighted by Crippen LogP contribution is 2.36. The monoisotopic (exact) mass is 410 g/mol. The van der Waals surface area contributed by atoms with Crippen molar-refractivity contribution in [2.45, 2.75) is 39.5 Å². The van der Waals surface area contributed by atoms with Gasteiger partial charge in [0, 0.05) is 35.1 Å². The number of nitrogens with zero attached hydrogens (tertiary/aromatic N) is 4. The van der Waals surface area contributed by atoms with Crippen LogP contribution in [0.15, 0.2) is 48.8 Å². The van der Waals surface area contributed by atoms with Crippen molar-refractivity contribution >= 4 is 17.7 Å². The average molecular weight is 411 g/mol. The molecule has 150 valence electrons. The molecule has 29 heavy (non-hydrogen) atoms. The maximum atomic E-state index is 12.6. The van der Waals surface area contributed by atoms with Gasteiger partial charge in [-0.2, -0.15) is 5.10 Å². The number of rotatable bonds is 2. The zero-order valence-electron chi connectivity index (χ0n) is 16.7. The third-order valence-electron chi connectivity index (χ3n) is 4.72. The van der Waals surface area contributed by atoms with Gasteiger partial charge in [0.05, 0.1) is 18.8 Å². The molecule has 1 aromatic carbocycles. The van der Waals surface area contributed by atoms with E-state index in [2.05, 4.69) is 4.98 Å². The van der Waals surface area contributed by atoms with E-state index >= 15 is 0 Å². The first-order valence-corrected chi connectivity index (χ1v) is 9.93. The number of amides is 1. The van der Waals surface area contributed by atoms with Gasteiger partial charge in [-0.15, -0.1) is 0 Å². The van der Waals surface area contributed by atoms with E-state index in [1.165, 1.54) is 0 Å². The Kier molecular flexibility index (Phi) is 5.04. The number of carbonyl (C=O) groups excluding carboxylic acids is 1. The molecule has 3 aromatic rings. The lowest BCUT2D eigenvalue weighted by Gasteiger charge is -2.30. The fourth-order valence-corrected chi connectivity index (χ4v) is 3.56. The second-order valence-corrected chi connectivity index (χ2v) is 8.47. The molecule has 6 nitrogen and oxygen atoms in total. The molecule has 1 aliphatic heterocycles. The first-order chi connectivity index (χ1) is 13.8. The van der Waals surface area contributed by atoms with Crippen LogP contribution in [0.1, 0.15) is 26.5 Å². The van der Waals surface area contributed by atoms with E-state index in [-0.39, 0.29) is 6.09 Å². The van der Waals surface area contributed by atoms with Crippen molar-refractivity contribution in [3.63, 3.8) is 0 Å². The molecule has 3 heterocycles. The van der Waals surface area contributed by atoms with Crippen molar-refractivity contribution in [3.05, 3.63) is 59.5 Å². The molecule has 0 atom stereocenters. The third-order valence-corrected chi connectivity index (χ3v) is 4.97.